The van der Waals surface area contributed by atoms with E-state index in [4.69, 9.17) is 9.16 Å². The maximum atomic E-state index is 10.5. The molecule has 3 heterocycles. The number of hydrogen-bond acceptors (Lipinski definition) is 7. The van der Waals surface area contributed by atoms with Crippen LogP contribution in [0.1, 0.15) is 33.4 Å². The zero-order valence-corrected chi connectivity index (χ0v) is 19.3. The maximum absolute atomic E-state index is 10.5. The number of fused-ring (bicyclic) bond motifs is 1. The van der Waals surface area contributed by atoms with Crippen molar-refractivity contribution >= 4 is 31.6 Å². The van der Waals surface area contributed by atoms with Crippen LogP contribution in [-0.4, -0.2) is 77.1 Å². The van der Waals surface area contributed by atoms with Gasteiger partial charge in [0.25, 0.3) is 0 Å². The summed E-state index contributed by atoms with van der Waals surface area (Å²) in [5.41, 5.74) is 1.23. The van der Waals surface area contributed by atoms with E-state index in [0.29, 0.717) is 30.0 Å². The van der Waals surface area contributed by atoms with E-state index in [-0.39, 0.29) is 17.4 Å². The Balaban J connectivity index is 1.76. The monoisotopic (exact) mass is 420 g/mol. The molecule has 1 saturated heterocycles. The Hall–Kier alpha value is -1.88. The van der Waals surface area contributed by atoms with Crippen molar-refractivity contribution in [2.75, 3.05) is 20.7 Å². The van der Waals surface area contributed by atoms with Crippen LogP contribution in [-0.2, 0) is 9.16 Å². The molecule has 0 radical (unpaired) electrons. The fourth-order valence-electron chi connectivity index (χ4n) is 2.86. The zero-order chi connectivity index (χ0) is 21.4. The summed E-state index contributed by atoms with van der Waals surface area (Å²) in [6, 6.07) is 0. The summed E-state index contributed by atoms with van der Waals surface area (Å²) in [4.78, 5) is 19.2. The van der Waals surface area contributed by atoms with Gasteiger partial charge in [-0.05, 0) is 18.1 Å². The van der Waals surface area contributed by atoms with Crippen molar-refractivity contribution in [1.82, 2.24) is 24.4 Å². The zero-order valence-electron chi connectivity index (χ0n) is 18.3. The summed E-state index contributed by atoms with van der Waals surface area (Å²) in [5.74, 6) is 0.499. The molecule has 0 spiro atoms. The molecule has 0 amide bonds. The van der Waals surface area contributed by atoms with Gasteiger partial charge in [-0.15, -0.1) is 0 Å². The molecule has 0 saturated carbocycles. The lowest BCUT2D eigenvalue weighted by atomic mass is 10.2. The molecule has 160 valence electrons. The van der Waals surface area contributed by atoms with Crippen molar-refractivity contribution in [1.29, 1.82) is 0 Å². The normalized spacial score (nSPS) is 23.4. The third kappa shape index (κ3) is 4.66. The van der Waals surface area contributed by atoms with Gasteiger partial charge in [0.2, 0.25) is 0 Å². The van der Waals surface area contributed by atoms with Crippen LogP contribution in [0.25, 0.3) is 11.2 Å². The minimum absolute atomic E-state index is 0.108. The van der Waals surface area contributed by atoms with Crippen LogP contribution >= 0.6 is 0 Å². The first kappa shape index (κ1) is 21.8. The number of aliphatic hydroxyl groups is 1. The molecule has 3 atom stereocenters. The first-order valence-corrected chi connectivity index (χ1v) is 12.8. The Morgan fingerprint density at radius 3 is 2.72 bits per heavy atom. The number of hydrogen-bond donors (Lipinski definition) is 1. The highest BCUT2D eigenvalue weighted by atomic mass is 28.4. The minimum Gasteiger partial charge on any atom is -0.414 e. The highest BCUT2D eigenvalue weighted by Gasteiger charge is 2.41. The van der Waals surface area contributed by atoms with E-state index in [2.05, 4.69) is 53.8 Å². The molecule has 2 aromatic rings. The first-order valence-electron chi connectivity index (χ1n) is 9.85. The second-order valence-corrected chi connectivity index (χ2v) is 14.0. The van der Waals surface area contributed by atoms with Crippen molar-refractivity contribution in [3.05, 3.63) is 12.7 Å². The van der Waals surface area contributed by atoms with Gasteiger partial charge >= 0.3 is 0 Å². The molecule has 1 aliphatic rings. The van der Waals surface area contributed by atoms with Gasteiger partial charge in [-0.25, -0.2) is 19.9 Å². The summed E-state index contributed by atoms with van der Waals surface area (Å²) < 4.78 is 14.2. The van der Waals surface area contributed by atoms with Gasteiger partial charge < -0.3 is 19.2 Å². The number of imidazole rings is 1. The fourth-order valence-corrected chi connectivity index (χ4v) is 3.87. The Labute approximate surface area is 172 Å². The smallest absolute Gasteiger partial charge is 0.192 e. The van der Waals surface area contributed by atoms with Gasteiger partial charge in [-0.2, -0.15) is 0 Å². The lowest BCUT2D eigenvalue weighted by Crippen LogP contribution is -2.43. The number of rotatable bonds is 6. The van der Waals surface area contributed by atoms with Crippen LogP contribution in [0.4, 0.5) is 5.82 Å². The Morgan fingerprint density at radius 2 is 2.07 bits per heavy atom. The predicted octanol–water partition coefficient (Wildman–Crippen LogP) is 2.72. The lowest BCUT2D eigenvalue weighted by molar-refractivity contribution is -0.0405. The molecule has 10 heteroatoms. The fraction of sp³-hybridized carbons (Fsp3) is 0.684. The standard InChI is InChI=1S/C19H32N6O3Si/c1-19(2,3)29(6,7)27-9-14-13(26)8-15(28-14)25-12-22-16-17(23-11-24(4)5)20-10-21-18(16)25/h10-15,26H,8-9H2,1-7H3/b23-11+/t13?,14-,15-/m1/s1. The van der Waals surface area contributed by atoms with Crippen molar-refractivity contribution in [2.45, 2.75) is 63.8 Å². The molecule has 1 N–H and O–H groups in total. The number of aromatic nitrogens is 4. The van der Waals surface area contributed by atoms with E-state index in [1.54, 1.807) is 12.7 Å². The molecule has 3 rings (SSSR count). The highest BCUT2D eigenvalue weighted by molar-refractivity contribution is 6.74. The second kappa shape index (κ2) is 8.09. The summed E-state index contributed by atoms with van der Waals surface area (Å²) >= 11 is 0. The molecular weight excluding hydrogens is 388 g/mol. The molecule has 29 heavy (non-hydrogen) atoms. The van der Waals surface area contributed by atoms with E-state index in [0.717, 1.165) is 0 Å². The van der Waals surface area contributed by atoms with Gasteiger partial charge in [0.1, 0.15) is 18.7 Å². The lowest BCUT2D eigenvalue weighted by Gasteiger charge is -2.37. The molecule has 1 fully saturated rings. The highest BCUT2D eigenvalue weighted by Crippen LogP contribution is 2.38. The topological polar surface area (TPSA) is 97.9 Å². The Bertz CT molecular complexity index is 876. The van der Waals surface area contributed by atoms with E-state index in [9.17, 15) is 5.11 Å². The van der Waals surface area contributed by atoms with Crippen LogP contribution in [0.3, 0.4) is 0 Å². The van der Waals surface area contributed by atoms with Crippen molar-refractivity contribution in [2.24, 2.45) is 4.99 Å². The Morgan fingerprint density at radius 1 is 1.34 bits per heavy atom. The second-order valence-electron chi connectivity index (χ2n) is 9.23. The Kier molecular flexibility index (Phi) is 6.09. The third-order valence-corrected chi connectivity index (χ3v) is 10.2. The van der Waals surface area contributed by atoms with Gasteiger partial charge in [0, 0.05) is 20.5 Å². The van der Waals surface area contributed by atoms with E-state index in [1.807, 2.05) is 23.6 Å². The summed E-state index contributed by atoms with van der Waals surface area (Å²) in [7, 11) is 1.87. The quantitative estimate of drug-likeness (QED) is 0.436. The molecule has 0 bridgehead atoms. The number of aliphatic hydroxyl groups excluding tert-OH is 1. The summed E-state index contributed by atoms with van der Waals surface area (Å²) in [5, 5.41) is 10.7. The van der Waals surface area contributed by atoms with E-state index >= 15 is 0 Å². The molecule has 9 nitrogen and oxygen atoms in total. The summed E-state index contributed by atoms with van der Waals surface area (Å²) in [6.07, 6.45) is 3.93. The number of aliphatic imine (C=N–C) groups is 1. The van der Waals surface area contributed by atoms with E-state index < -0.39 is 14.4 Å². The van der Waals surface area contributed by atoms with Crippen LogP contribution in [0.2, 0.25) is 18.1 Å². The van der Waals surface area contributed by atoms with Gasteiger partial charge in [-0.1, -0.05) is 20.8 Å². The molecule has 0 aromatic carbocycles. The molecular formula is C19H32N6O3Si. The van der Waals surface area contributed by atoms with Crippen molar-refractivity contribution < 1.29 is 14.3 Å². The van der Waals surface area contributed by atoms with Crippen LogP contribution in [0.5, 0.6) is 0 Å². The number of nitrogens with zero attached hydrogens (tertiary/aromatic N) is 6. The van der Waals surface area contributed by atoms with Crippen LogP contribution < -0.4 is 0 Å². The predicted molar refractivity (Wildman–Crippen MR) is 115 cm³/mol. The average molecular weight is 421 g/mol. The van der Waals surface area contributed by atoms with Crippen LogP contribution in [0.15, 0.2) is 17.6 Å². The minimum atomic E-state index is -1.91. The molecule has 1 aliphatic heterocycles. The van der Waals surface area contributed by atoms with Gasteiger partial charge in [0.15, 0.2) is 25.3 Å². The average Bonchev–Trinajstić information content (AvgIpc) is 3.20. The molecule has 1 unspecified atom stereocenters. The summed E-state index contributed by atoms with van der Waals surface area (Å²) in [6.45, 7) is 11.4. The molecule has 0 aliphatic carbocycles. The van der Waals surface area contributed by atoms with Crippen molar-refractivity contribution in [3.63, 3.8) is 0 Å². The largest absolute Gasteiger partial charge is 0.414 e. The SMILES string of the molecule is CN(C)/C=N/c1ncnc2c1ncn2[C@H]1CC(O)[C@@H](CO[Si](C)(C)C(C)(C)C)O1. The van der Waals surface area contributed by atoms with Crippen molar-refractivity contribution in [3.8, 4) is 0 Å². The first-order chi connectivity index (χ1) is 13.5. The van der Waals surface area contributed by atoms with Gasteiger partial charge in [0.05, 0.1) is 25.4 Å². The number of ether oxygens (including phenoxy) is 1. The van der Waals surface area contributed by atoms with E-state index in [1.165, 1.54) is 6.33 Å². The van der Waals surface area contributed by atoms with Gasteiger partial charge in [-0.3, -0.25) is 4.57 Å². The van der Waals surface area contributed by atoms with Crippen LogP contribution in [0, 0.1) is 0 Å². The maximum Gasteiger partial charge on any atom is 0.192 e. The molecule has 2 aromatic heterocycles. The third-order valence-electron chi connectivity index (χ3n) is 5.68.